The molecule has 0 radical (unpaired) electrons. The largest absolute Gasteiger partial charge is 0.497 e. The second-order valence-electron chi connectivity index (χ2n) is 3.18. The van der Waals surface area contributed by atoms with Crippen LogP contribution in [0.5, 0.6) is 5.75 Å². The number of nitrogens with one attached hydrogen (secondary N) is 2. The molecule has 2 rings (SSSR count). The number of hydrogen-bond donors (Lipinski definition) is 2. The summed E-state index contributed by atoms with van der Waals surface area (Å²) in [7, 11) is 1.63. The van der Waals surface area contributed by atoms with Crippen molar-refractivity contribution in [2.75, 3.05) is 13.7 Å². The molecule has 1 aliphatic heterocycles. The first-order valence-electron chi connectivity index (χ1n) is 4.48. The number of urea groups is 1. The summed E-state index contributed by atoms with van der Waals surface area (Å²) in [5.41, 5.74) is 1.06. The Hall–Kier alpha value is -1.71. The molecule has 2 N–H and O–H groups in total. The van der Waals surface area contributed by atoms with Crippen LogP contribution in [0.2, 0.25) is 0 Å². The highest BCUT2D eigenvalue weighted by Crippen LogP contribution is 2.20. The van der Waals surface area contributed by atoms with Gasteiger partial charge < -0.3 is 15.4 Å². The molecule has 1 fully saturated rings. The van der Waals surface area contributed by atoms with Gasteiger partial charge in [0, 0.05) is 6.54 Å². The Kier molecular flexibility index (Phi) is 2.26. The molecule has 0 spiro atoms. The molecule has 0 saturated carbocycles. The van der Waals surface area contributed by atoms with E-state index in [0.29, 0.717) is 6.54 Å². The van der Waals surface area contributed by atoms with E-state index in [0.717, 1.165) is 11.3 Å². The highest BCUT2D eigenvalue weighted by Gasteiger charge is 2.21. The van der Waals surface area contributed by atoms with Crippen LogP contribution in [-0.4, -0.2) is 19.7 Å². The number of carbonyl (C=O) groups is 1. The quantitative estimate of drug-likeness (QED) is 0.735. The Balaban J connectivity index is 2.19. The molecule has 1 saturated heterocycles. The lowest BCUT2D eigenvalue weighted by molar-refractivity contribution is 0.247. The Morgan fingerprint density at radius 2 is 2.36 bits per heavy atom. The number of rotatable bonds is 2. The third-order valence-electron chi connectivity index (χ3n) is 2.27. The fraction of sp³-hybridized carbons (Fsp3) is 0.300. The summed E-state index contributed by atoms with van der Waals surface area (Å²) in [6.07, 6.45) is 0. The van der Waals surface area contributed by atoms with Crippen molar-refractivity contribution in [2.45, 2.75) is 6.04 Å². The maximum atomic E-state index is 10.9. The molecule has 1 aromatic rings. The summed E-state index contributed by atoms with van der Waals surface area (Å²) in [5, 5.41) is 5.53. The number of ether oxygens (including phenoxy) is 1. The molecular weight excluding hydrogens is 180 g/mol. The van der Waals surface area contributed by atoms with Crippen LogP contribution in [0.4, 0.5) is 4.79 Å². The van der Waals surface area contributed by atoms with Gasteiger partial charge in [0.25, 0.3) is 0 Å². The van der Waals surface area contributed by atoms with Gasteiger partial charge in [0.05, 0.1) is 13.2 Å². The van der Waals surface area contributed by atoms with Crippen molar-refractivity contribution in [1.29, 1.82) is 0 Å². The minimum atomic E-state index is -0.113. The molecule has 0 bridgehead atoms. The minimum Gasteiger partial charge on any atom is -0.497 e. The van der Waals surface area contributed by atoms with Gasteiger partial charge in [0.2, 0.25) is 0 Å². The molecule has 0 aromatic heterocycles. The maximum Gasteiger partial charge on any atom is 0.315 e. The highest BCUT2D eigenvalue weighted by atomic mass is 16.5. The van der Waals surface area contributed by atoms with E-state index >= 15 is 0 Å². The van der Waals surface area contributed by atoms with E-state index in [9.17, 15) is 4.79 Å². The van der Waals surface area contributed by atoms with E-state index in [1.165, 1.54) is 0 Å². The number of hydrogen-bond acceptors (Lipinski definition) is 2. The standard InChI is InChI=1S/C10H12N2O2/c1-14-8-4-2-3-7(5-8)9-6-11-10(13)12-9/h2-5,9H,6H2,1H3,(H2,11,12,13). The van der Waals surface area contributed by atoms with E-state index < -0.39 is 0 Å². The fourth-order valence-electron chi connectivity index (χ4n) is 1.51. The summed E-state index contributed by atoms with van der Waals surface area (Å²) in [6.45, 7) is 0.631. The van der Waals surface area contributed by atoms with Crippen molar-refractivity contribution in [3.63, 3.8) is 0 Å². The topological polar surface area (TPSA) is 50.4 Å². The maximum absolute atomic E-state index is 10.9. The second kappa shape index (κ2) is 3.57. The molecule has 1 heterocycles. The van der Waals surface area contributed by atoms with Gasteiger partial charge in [-0.3, -0.25) is 0 Å². The third kappa shape index (κ3) is 1.64. The molecule has 1 aromatic carbocycles. The summed E-state index contributed by atoms with van der Waals surface area (Å²) in [5.74, 6) is 0.809. The Morgan fingerprint density at radius 3 is 3.00 bits per heavy atom. The van der Waals surface area contributed by atoms with Crippen LogP contribution < -0.4 is 15.4 Å². The monoisotopic (exact) mass is 192 g/mol. The number of amides is 2. The lowest BCUT2D eigenvalue weighted by atomic mass is 10.1. The van der Waals surface area contributed by atoms with E-state index in [2.05, 4.69) is 10.6 Å². The van der Waals surface area contributed by atoms with Crippen LogP contribution in [0.3, 0.4) is 0 Å². The van der Waals surface area contributed by atoms with Gasteiger partial charge in [0.1, 0.15) is 5.75 Å². The zero-order valence-electron chi connectivity index (χ0n) is 7.91. The Labute approximate surface area is 82.3 Å². The van der Waals surface area contributed by atoms with E-state index in [1.54, 1.807) is 7.11 Å². The van der Waals surface area contributed by atoms with Gasteiger partial charge in [-0.25, -0.2) is 4.79 Å². The number of carbonyl (C=O) groups excluding carboxylic acids is 1. The van der Waals surface area contributed by atoms with Gasteiger partial charge in [-0.1, -0.05) is 12.1 Å². The molecular formula is C10H12N2O2. The highest BCUT2D eigenvalue weighted by molar-refractivity contribution is 5.76. The number of methoxy groups -OCH3 is 1. The van der Waals surface area contributed by atoms with Crippen LogP contribution >= 0.6 is 0 Å². The summed E-state index contributed by atoms with van der Waals surface area (Å²) in [6, 6.07) is 7.64. The molecule has 4 heteroatoms. The van der Waals surface area contributed by atoms with Gasteiger partial charge in [-0.15, -0.1) is 0 Å². The zero-order chi connectivity index (χ0) is 9.97. The van der Waals surface area contributed by atoms with E-state index in [-0.39, 0.29) is 12.1 Å². The average Bonchev–Trinajstić information content (AvgIpc) is 2.65. The Bertz CT molecular complexity index is 352. The van der Waals surface area contributed by atoms with Gasteiger partial charge in [0.15, 0.2) is 0 Å². The van der Waals surface area contributed by atoms with Crippen molar-refractivity contribution >= 4 is 6.03 Å². The molecule has 74 valence electrons. The molecule has 14 heavy (non-hydrogen) atoms. The zero-order valence-corrected chi connectivity index (χ0v) is 7.91. The Morgan fingerprint density at radius 1 is 1.50 bits per heavy atom. The van der Waals surface area contributed by atoms with Crippen LogP contribution in [0.25, 0.3) is 0 Å². The van der Waals surface area contributed by atoms with Crippen LogP contribution in [-0.2, 0) is 0 Å². The fourth-order valence-corrected chi connectivity index (χ4v) is 1.51. The third-order valence-corrected chi connectivity index (χ3v) is 2.27. The van der Waals surface area contributed by atoms with Crippen LogP contribution in [0, 0.1) is 0 Å². The first-order chi connectivity index (χ1) is 6.79. The van der Waals surface area contributed by atoms with Crippen LogP contribution in [0.1, 0.15) is 11.6 Å². The molecule has 4 nitrogen and oxygen atoms in total. The number of benzene rings is 1. The molecule has 1 unspecified atom stereocenters. The first-order valence-corrected chi connectivity index (χ1v) is 4.48. The normalized spacial score (nSPS) is 20.1. The summed E-state index contributed by atoms with van der Waals surface area (Å²) < 4.78 is 5.11. The molecule has 0 aliphatic carbocycles. The minimum absolute atomic E-state index is 0.0533. The first kappa shape index (κ1) is 8.87. The average molecular weight is 192 g/mol. The predicted molar refractivity (Wildman–Crippen MR) is 52.3 cm³/mol. The molecule has 1 atom stereocenters. The van der Waals surface area contributed by atoms with E-state index in [1.807, 2.05) is 24.3 Å². The van der Waals surface area contributed by atoms with Crippen molar-refractivity contribution in [1.82, 2.24) is 10.6 Å². The van der Waals surface area contributed by atoms with Gasteiger partial charge in [-0.05, 0) is 17.7 Å². The van der Waals surface area contributed by atoms with Crippen molar-refractivity contribution < 1.29 is 9.53 Å². The second-order valence-corrected chi connectivity index (χ2v) is 3.18. The SMILES string of the molecule is COc1cccc(C2CNC(=O)N2)c1. The predicted octanol–water partition coefficient (Wildman–Crippen LogP) is 1.05. The van der Waals surface area contributed by atoms with Gasteiger partial charge >= 0.3 is 6.03 Å². The lowest BCUT2D eigenvalue weighted by Crippen LogP contribution is -2.21. The van der Waals surface area contributed by atoms with Gasteiger partial charge in [-0.2, -0.15) is 0 Å². The van der Waals surface area contributed by atoms with Crippen molar-refractivity contribution in [3.8, 4) is 5.75 Å². The smallest absolute Gasteiger partial charge is 0.315 e. The van der Waals surface area contributed by atoms with Crippen LogP contribution in [0.15, 0.2) is 24.3 Å². The summed E-state index contributed by atoms with van der Waals surface area (Å²) >= 11 is 0. The van der Waals surface area contributed by atoms with E-state index in [4.69, 9.17) is 4.74 Å². The molecule has 1 aliphatic rings. The summed E-state index contributed by atoms with van der Waals surface area (Å²) in [4.78, 5) is 10.9. The van der Waals surface area contributed by atoms with Crippen molar-refractivity contribution in [2.24, 2.45) is 0 Å². The van der Waals surface area contributed by atoms with Crippen molar-refractivity contribution in [3.05, 3.63) is 29.8 Å². The molecule has 2 amide bonds. The lowest BCUT2D eigenvalue weighted by Gasteiger charge is -2.09.